The third-order valence-corrected chi connectivity index (χ3v) is 4.91. The molecule has 2 N–H and O–H groups in total. The molecule has 3 rings (SSSR count). The van der Waals surface area contributed by atoms with Crippen LogP contribution in [0.5, 0.6) is 11.6 Å². The van der Waals surface area contributed by atoms with Gasteiger partial charge in [-0.05, 0) is 29.8 Å². The summed E-state index contributed by atoms with van der Waals surface area (Å²) in [6, 6.07) is 13.0. The van der Waals surface area contributed by atoms with Gasteiger partial charge in [0.25, 0.3) is 0 Å². The zero-order chi connectivity index (χ0) is 19.9. The van der Waals surface area contributed by atoms with Crippen LogP contribution in [0.4, 0.5) is 0 Å². The van der Waals surface area contributed by atoms with Gasteiger partial charge in [0.05, 0.1) is 23.1 Å². The molecule has 0 bridgehead atoms. The van der Waals surface area contributed by atoms with E-state index in [1.807, 2.05) is 42.5 Å². The SMILES string of the molecule is CC(=O)OCC(COc1ccc(Cc2sc(=O)[nH]c2O)cc1)c1ccccn1. The summed E-state index contributed by atoms with van der Waals surface area (Å²) < 4.78 is 11.0. The number of aromatic hydroxyl groups is 1. The Morgan fingerprint density at radius 2 is 2.00 bits per heavy atom. The number of pyridine rings is 1. The summed E-state index contributed by atoms with van der Waals surface area (Å²) in [4.78, 5) is 29.4. The molecule has 0 aliphatic rings. The fourth-order valence-electron chi connectivity index (χ4n) is 2.61. The Labute approximate surface area is 165 Å². The number of esters is 1. The monoisotopic (exact) mass is 400 g/mol. The molecule has 7 nitrogen and oxygen atoms in total. The first-order chi connectivity index (χ1) is 13.5. The summed E-state index contributed by atoms with van der Waals surface area (Å²) in [6.45, 7) is 1.87. The number of carbonyl (C=O) groups excluding carboxylic acids is 1. The molecule has 0 spiro atoms. The Kier molecular flexibility index (Phi) is 6.44. The highest BCUT2D eigenvalue weighted by atomic mass is 32.1. The molecule has 28 heavy (non-hydrogen) atoms. The van der Waals surface area contributed by atoms with Crippen LogP contribution in [0.25, 0.3) is 0 Å². The van der Waals surface area contributed by atoms with Gasteiger partial charge in [-0.2, -0.15) is 0 Å². The highest BCUT2D eigenvalue weighted by Crippen LogP contribution is 2.23. The number of hydrogen-bond donors (Lipinski definition) is 2. The van der Waals surface area contributed by atoms with Gasteiger partial charge in [-0.25, -0.2) is 0 Å². The third kappa shape index (κ3) is 5.43. The lowest BCUT2D eigenvalue weighted by Gasteiger charge is -2.17. The molecule has 2 heterocycles. The van der Waals surface area contributed by atoms with E-state index < -0.39 is 0 Å². The number of benzene rings is 1. The lowest BCUT2D eigenvalue weighted by atomic mass is 10.1. The number of ether oxygens (including phenoxy) is 2. The molecule has 3 aromatic rings. The van der Waals surface area contributed by atoms with Crippen molar-refractivity contribution in [3.05, 3.63) is 74.5 Å². The van der Waals surface area contributed by atoms with Gasteiger partial charge in [-0.3, -0.25) is 19.6 Å². The molecule has 1 unspecified atom stereocenters. The highest BCUT2D eigenvalue weighted by molar-refractivity contribution is 7.09. The van der Waals surface area contributed by atoms with E-state index in [0.717, 1.165) is 22.6 Å². The maximum absolute atomic E-state index is 11.3. The van der Waals surface area contributed by atoms with Crippen LogP contribution in [-0.2, 0) is 16.0 Å². The summed E-state index contributed by atoms with van der Waals surface area (Å²) in [5.74, 6) is 0.0532. The van der Waals surface area contributed by atoms with Crippen LogP contribution in [0.1, 0.15) is 29.0 Å². The van der Waals surface area contributed by atoms with Gasteiger partial charge in [0.1, 0.15) is 12.4 Å². The van der Waals surface area contributed by atoms with Crippen LogP contribution in [0.2, 0.25) is 0 Å². The van der Waals surface area contributed by atoms with Gasteiger partial charge in [-0.1, -0.05) is 29.5 Å². The van der Waals surface area contributed by atoms with Crippen LogP contribution in [0, 0.1) is 0 Å². The number of carbonyl (C=O) groups is 1. The van der Waals surface area contributed by atoms with Crippen molar-refractivity contribution in [3.8, 4) is 11.6 Å². The minimum Gasteiger partial charge on any atom is -0.494 e. The van der Waals surface area contributed by atoms with Crippen molar-refractivity contribution >= 4 is 17.3 Å². The van der Waals surface area contributed by atoms with Gasteiger partial charge >= 0.3 is 10.8 Å². The van der Waals surface area contributed by atoms with Gasteiger partial charge in [-0.15, -0.1) is 0 Å². The molecule has 0 radical (unpaired) electrons. The van der Waals surface area contributed by atoms with E-state index in [9.17, 15) is 14.7 Å². The normalized spacial score (nSPS) is 11.8. The third-order valence-electron chi connectivity index (χ3n) is 4.03. The molecule has 0 fully saturated rings. The quantitative estimate of drug-likeness (QED) is 0.564. The standard InChI is InChI=1S/C20H20N2O5S/c1-13(23)26-11-15(17-4-2-3-9-21-17)12-27-16-7-5-14(6-8-16)10-18-19(24)22-20(25)28-18/h2-9,15,24H,10-12H2,1H3,(H,22,25). The van der Waals surface area contributed by atoms with Crippen molar-refractivity contribution in [2.45, 2.75) is 19.3 Å². The summed E-state index contributed by atoms with van der Waals surface area (Å²) >= 11 is 0.992. The van der Waals surface area contributed by atoms with E-state index in [1.165, 1.54) is 6.92 Å². The average molecular weight is 400 g/mol. The average Bonchev–Trinajstić information content (AvgIpc) is 3.00. The fourth-order valence-corrected chi connectivity index (χ4v) is 3.37. The van der Waals surface area contributed by atoms with E-state index in [0.29, 0.717) is 23.7 Å². The van der Waals surface area contributed by atoms with Gasteiger partial charge in [0.2, 0.25) is 5.88 Å². The molecule has 0 aliphatic carbocycles. The van der Waals surface area contributed by atoms with E-state index in [2.05, 4.69) is 9.97 Å². The van der Waals surface area contributed by atoms with Gasteiger partial charge in [0, 0.05) is 19.5 Å². The molecule has 146 valence electrons. The summed E-state index contributed by atoms with van der Waals surface area (Å²) in [7, 11) is 0. The molecule has 1 atom stereocenters. The van der Waals surface area contributed by atoms with E-state index in [4.69, 9.17) is 9.47 Å². The lowest BCUT2D eigenvalue weighted by molar-refractivity contribution is -0.141. The largest absolute Gasteiger partial charge is 0.494 e. The Balaban J connectivity index is 1.62. The molecule has 8 heteroatoms. The molecule has 0 amide bonds. The van der Waals surface area contributed by atoms with Crippen molar-refractivity contribution in [1.82, 2.24) is 9.97 Å². The number of H-pyrrole nitrogens is 1. The van der Waals surface area contributed by atoms with E-state index in [1.54, 1.807) is 6.20 Å². The maximum Gasteiger partial charge on any atom is 0.307 e. The molecule has 2 aromatic heterocycles. The first-order valence-electron chi connectivity index (χ1n) is 8.68. The fraction of sp³-hybridized carbons (Fsp3) is 0.250. The van der Waals surface area contributed by atoms with Crippen molar-refractivity contribution in [2.75, 3.05) is 13.2 Å². The molecular formula is C20H20N2O5S. The van der Waals surface area contributed by atoms with Crippen LogP contribution in [0.15, 0.2) is 53.5 Å². The molecule has 0 saturated carbocycles. The minimum atomic E-state index is -0.347. The van der Waals surface area contributed by atoms with Crippen molar-refractivity contribution in [3.63, 3.8) is 0 Å². The molecule has 0 aliphatic heterocycles. The zero-order valence-electron chi connectivity index (χ0n) is 15.3. The van der Waals surface area contributed by atoms with E-state index >= 15 is 0 Å². The van der Waals surface area contributed by atoms with Gasteiger partial charge in [0.15, 0.2) is 0 Å². The minimum absolute atomic E-state index is 0.0843. The Morgan fingerprint density at radius 1 is 1.21 bits per heavy atom. The molecular weight excluding hydrogens is 380 g/mol. The smallest absolute Gasteiger partial charge is 0.307 e. The number of rotatable bonds is 8. The second-order valence-corrected chi connectivity index (χ2v) is 7.24. The van der Waals surface area contributed by atoms with Crippen LogP contribution >= 0.6 is 11.3 Å². The molecule has 0 saturated heterocycles. The zero-order valence-corrected chi connectivity index (χ0v) is 16.1. The first kappa shape index (κ1) is 19.6. The number of aromatic amines is 1. The Bertz CT molecular complexity index is 966. The summed E-state index contributed by atoms with van der Waals surface area (Å²) in [5, 5.41) is 9.68. The molecule has 1 aromatic carbocycles. The predicted octanol–water partition coefficient (Wildman–Crippen LogP) is 2.85. The second-order valence-electron chi connectivity index (χ2n) is 6.17. The number of nitrogens with one attached hydrogen (secondary N) is 1. The Morgan fingerprint density at radius 3 is 2.61 bits per heavy atom. The Hall–Kier alpha value is -3.13. The van der Waals surface area contributed by atoms with Crippen molar-refractivity contribution in [2.24, 2.45) is 0 Å². The number of thiazole rings is 1. The van der Waals surface area contributed by atoms with Crippen LogP contribution < -0.4 is 9.61 Å². The van der Waals surface area contributed by atoms with Crippen LogP contribution in [-0.4, -0.2) is 34.3 Å². The topological polar surface area (TPSA) is 102 Å². The number of aromatic nitrogens is 2. The number of nitrogens with zero attached hydrogens (tertiary/aromatic N) is 1. The predicted molar refractivity (Wildman–Crippen MR) is 105 cm³/mol. The van der Waals surface area contributed by atoms with Crippen molar-refractivity contribution in [1.29, 1.82) is 0 Å². The maximum atomic E-state index is 11.3. The van der Waals surface area contributed by atoms with Crippen molar-refractivity contribution < 1.29 is 19.4 Å². The number of hydrogen-bond acceptors (Lipinski definition) is 7. The van der Waals surface area contributed by atoms with E-state index in [-0.39, 0.29) is 29.2 Å². The summed E-state index contributed by atoms with van der Waals surface area (Å²) in [6.07, 6.45) is 2.15. The highest BCUT2D eigenvalue weighted by Gasteiger charge is 2.16. The first-order valence-corrected chi connectivity index (χ1v) is 9.50. The lowest BCUT2D eigenvalue weighted by Crippen LogP contribution is -2.19. The second kappa shape index (κ2) is 9.18. The van der Waals surface area contributed by atoms with Gasteiger partial charge < -0.3 is 14.6 Å². The van der Waals surface area contributed by atoms with Crippen LogP contribution in [0.3, 0.4) is 0 Å². The summed E-state index contributed by atoms with van der Waals surface area (Å²) in [5.41, 5.74) is 1.73.